The van der Waals surface area contributed by atoms with Gasteiger partial charge < -0.3 is 5.11 Å². The zero-order chi connectivity index (χ0) is 12.9. The number of sulfonamides is 1. The molecule has 0 saturated carbocycles. The van der Waals surface area contributed by atoms with Gasteiger partial charge in [-0.05, 0) is 25.5 Å². The maximum Gasteiger partial charge on any atom is 0.240 e. The number of hydrogen-bond donors (Lipinski definition) is 2. The molecule has 0 aliphatic rings. The highest BCUT2D eigenvalue weighted by Gasteiger charge is 2.13. The lowest BCUT2D eigenvalue weighted by atomic mass is 10.2. The Kier molecular flexibility index (Phi) is 4.80. The monoisotopic (exact) mass is 257 g/mol. The summed E-state index contributed by atoms with van der Waals surface area (Å²) in [6.07, 6.45) is 0.366. The van der Waals surface area contributed by atoms with Crippen LogP contribution in [0.15, 0.2) is 29.2 Å². The van der Waals surface area contributed by atoms with Crippen molar-refractivity contribution in [2.75, 3.05) is 13.2 Å². The molecule has 1 aromatic rings. The van der Waals surface area contributed by atoms with Crippen molar-refractivity contribution in [3.8, 4) is 0 Å². The molecule has 0 amide bonds. The standard InChI is InChI=1S/C11H15NO4S/c1-9(14)10-3-5-11(6-4-10)17(15,16)12-7-2-8-13/h3-6,12-13H,2,7-8H2,1H3. The molecule has 0 unspecified atom stereocenters. The fourth-order valence-electron chi connectivity index (χ4n) is 1.24. The van der Waals surface area contributed by atoms with E-state index in [1.165, 1.54) is 31.2 Å². The SMILES string of the molecule is CC(=O)c1ccc(S(=O)(=O)NCCCO)cc1. The number of aliphatic hydroxyl groups excluding tert-OH is 1. The van der Waals surface area contributed by atoms with Gasteiger partial charge in [0, 0.05) is 18.7 Å². The molecule has 94 valence electrons. The highest BCUT2D eigenvalue weighted by Crippen LogP contribution is 2.10. The van der Waals surface area contributed by atoms with E-state index in [-0.39, 0.29) is 23.8 Å². The number of nitrogens with one attached hydrogen (secondary N) is 1. The first-order chi connectivity index (χ1) is 7.97. The van der Waals surface area contributed by atoms with E-state index in [2.05, 4.69) is 4.72 Å². The van der Waals surface area contributed by atoms with Crippen molar-refractivity contribution in [3.05, 3.63) is 29.8 Å². The Morgan fingerprint density at radius 3 is 2.35 bits per heavy atom. The van der Waals surface area contributed by atoms with Crippen LogP contribution >= 0.6 is 0 Å². The molecule has 0 atom stereocenters. The molecule has 0 heterocycles. The van der Waals surface area contributed by atoms with Crippen LogP contribution in [0.2, 0.25) is 0 Å². The summed E-state index contributed by atoms with van der Waals surface area (Å²) in [5.41, 5.74) is 0.472. The smallest absolute Gasteiger partial charge is 0.240 e. The minimum absolute atomic E-state index is 0.0637. The summed E-state index contributed by atoms with van der Waals surface area (Å²) in [5, 5.41) is 8.56. The summed E-state index contributed by atoms with van der Waals surface area (Å²) in [6, 6.07) is 5.72. The van der Waals surface area contributed by atoms with Crippen molar-refractivity contribution in [3.63, 3.8) is 0 Å². The molecule has 17 heavy (non-hydrogen) atoms. The lowest BCUT2D eigenvalue weighted by Crippen LogP contribution is -2.25. The number of aliphatic hydroxyl groups is 1. The number of hydrogen-bond acceptors (Lipinski definition) is 4. The lowest BCUT2D eigenvalue weighted by molar-refractivity contribution is 0.101. The van der Waals surface area contributed by atoms with Gasteiger partial charge in [0.2, 0.25) is 10.0 Å². The van der Waals surface area contributed by atoms with E-state index in [0.717, 1.165) is 0 Å². The highest BCUT2D eigenvalue weighted by molar-refractivity contribution is 7.89. The van der Waals surface area contributed by atoms with Crippen LogP contribution in [-0.2, 0) is 10.0 Å². The van der Waals surface area contributed by atoms with Crippen LogP contribution in [0.1, 0.15) is 23.7 Å². The fourth-order valence-corrected chi connectivity index (χ4v) is 2.31. The largest absolute Gasteiger partial charge is 0.396 e. The summed E-state index contributed by atoms with van der Waals surface area (Å²) < 4.78 is 25.8. The lowest BCUT2D eigenvalue weighted by Gasteiger charge is -2.06. The molecule has 0 aliphatic carbocycles. The molecular weight excluding hydrogens is 242 g/mol. The minimum atomic E-state index is -3.55. The molecule has 1 aromatic carbocycles. The van der Waals surface area contributed by atoms with Gasteiger partial charge in [-0.25, -0.2) is 13.1 Å². The topological polar surface area (TPSA) is 83.5 Å². The van der Waals surface area contributed by atoms with E-state index in [1.807, 2.05) is 0 Å². The number of rotatable bonds is 6. The van der Waals surface area contributed by atoms with Crippen LogP contribution in [0.25, 0.3) is 0 Å². The minimum Gasteiger partial charge on any atom is -0.396 e. The van der Waals surface area contributed by atoms with E-state index in [9.17, 15) is 13.2 Å². The quantitative estimate of drug-likeness (QED) is 0.576. The Morgan fingerprint density at radius 2 is 1.88 bits per heavy atom. The number of Topliss-reactive ketones (excluding diaryl/α,β-unsaturated/α-hetero) is 1. The maximum absolute atomic E-state index is 11.7. The first kappa shape index (κ1) is 13.8. The molecule has 0 spiro atoms. The first-order valence-electron chi connectivity index (χ1n) is 5.19. The van der Waals surface area contributed by atoms with Crippen molar-refractivity contribution in [1.29, 1.82) is 0 Å². The second kappa shape index (κ2) is 5.90. The average molecular weight is 257 g/mol. The molecule has 1 rings (SSSR count). The van der Waals surface area contributed by atoms with Crippen LogP contribution in [0, 0.1) is 0 Å². The molecule has 0 bridgehead atoms. The van der Waals surface area contributed by atoms with Crippen LogP contribution < -0.4 is 4.72 Å². The second-order valence-electron chi connectivity index (χ2n) is 3.56. The Bertz CT molecular complexity index is 479. The van der Waals surface area contributed by atoms with Crippen molar-refractivity contribution in [2.24, 2.45) is 0 Å². The van der Waals surface area contributed by atoms with E-state index in [4.69, 9.17) is 5.11 Å². The molecule has 5 nitrogen and oxygen atoms in total. The van der Waals surface area contributed by atoms with Gasteiger partial charge in [-0.15, -0.1) is 0 Å². The van der Waals surface area contributed by atoms with Crippen molar-refractivity contribution in [2.45, 2.75) is 18.2 Å². The number of benzene rings is 1. The molecule has 0 aliphatic heterocycles. The predicted octanol–water partition coefficient (Wildman–Crippen LogP) is 0.550. The van der Waals surface area contributed by atoms with Crippen LogP contribution in [0.4, 0.5) is 0 Å². The van der Waals surface area contributed by atoms with Gasteiger partial charge in [-0.3, -0.25) is 4.79 Å². The van der Waals surface area contributed by atoms with Gasteiger partial charge in [0.05, 0.1) is 4.90 Å². The van der Waals surface area contributed by atoms with E-state index in [0.29, 0.717) is 12.0 Å². The average Bonchev–Trinajstić information content (AvgIpc) is 2.29. The molecular formula is C11H15NO4S. The van der Waals surface area contributed by atoms with Crippen LogP contribution in [-0.4, -0.2) is 32.5 Å². The Labute approximate surface area is 101 Å². The third kappa shape index (κ3) is 3.92. The third-order valence-electron chi connectivity index (χ3n) is 2.20. The summed E-state index contributed by atoms with van der Waals surface area (Å²) in [4.78, 5) is 11.1. The van der Waals surface area contributed by atoms with Crippen molar-refractivity contribution < 1.29 is 18.3 Å². The molecule has 0 fully saturated rings. The fraction of sp³-hybridized carbons (Fsp3) is 0.364. The van der Waals surface area contributed by atoms with Gasteiger partial charge in [-0.1, -0.05) is 12.1 Å². The summed E-state index contributed by atoms with van der Waals surface area (Å²) in [5.74, 6) is -0.109. The Morgan fingerprint density at radius 1 is 1.29 bits per heavy atom. The van der Waals surface area contributed by atoms with Gasteiger partial charge in [0.25, 0.3) is 0 Å². The molecule has 0 saturated heterocycles. The van der Waals surface area contributed by atoms with E-state index in [1.54, 1.807) is 0 Å². The maximum atomic E-state index is 11.7. The van der Waals surface area contributed by atoms with Gasteiger partial charge >= 0.3 is 0 Å². The van der Waals surface area contributed by atoms with Crippen LogP contribution in [0.5, 0.6) is 0 Å². The molecule has 2 N–H and O–H groups in total. The van der Waals surface area contributed by atoms with Crippen molar-refractivity contribution in [1.82, 2.24) is 4.72 Å². The zero-order valence-electron chi connectivity index (χ0n) is 9.51. The summed E-state index contributed by atoms with van der Waals surface area (Å²) >= 11 is 0. The third-order valence-corrected chi connectivity index (χ3v) is 3.68. The number of ketones is 1. The second-order valence-corrected chi connectivity index (χ2v) is 5.32. The zero-order valence-corrected chi connectivity index (χ0v) is 10.3. The van der Waals surface area contributed by atoms with Gasteiger partial charge in [0.1, 0.15) is 0 Å². The number of carbonyl (C=O) groups is 1. The highest BCUT2D eigenvalue weighted by atomic mass is 32.2. The van der Waals surface area contributed by atoms with Crippen molar-refractivity contribution >= 4 is 15.8 Å². The first-order valence-corrected chi connectivity index (χ1v) is 6.67. The van der Waals surface area contributed by atoms with Gasteiger partial charge in [-0.2, -0.15) is 0 Å². The molecule has 6 heteroatoms. The molecule has 0 radical (unpaired) electrons. The Balaban J connectivity index is 2.81. The number of carbonyl (C=O) groups excluding carboxylic acids is 1. The predicted molar refractivity (Wildman–Crippen MR) is 63.3 cm³/mol. The Hall–Kier alpha value is -1.24. The summed E-state index contributed by atoms with van der Waals surface area (Å²) in [6.45, 7) is 1.54. The normalized spacial score (nSPS) is 11.4. The van der Waals surface area contributed by atoms with Crippen LogP contribution in [0.3, 0.4) is 0 Å². The van der Waals surface area contributed by atoms with Gasteiger partial charge in [0.15, 0.2) is 5.78 Å². The summed E-state index contributed by atoms with van der Waals surface area (Å²) in [7, 11) is -3.55. The molecule has 0 aromatic heterocycles. The van der Waals surface area contributed by atoms with E-state index >= 15 is 0 Å². The van der Waals surface area contributed by atoms with E-state index < -0.39 is 10.0 Å².